The Kier molecular flexibility index (Phi) is 7.56. The van der Waals surface area contributed by atoms with E-state index in [1.165, 1.54) is 206 Å². The van der Waals surface area contributed by atoms with Crippen LogP contribution in [0.2, 0.25) is 0 Å². The highest BCUT2D eigenvalue weighted by atomic mass is 15.0. The van der Waals surface area contributed by atoms with E-state index in [1.807, 2.05) is 0 Å². The molecule has 2 nitrogen and oxygen atoms in total. The second-order valence-corrected chi connectivity index (χ2v) is 20.6. The molecule has 306 valence electrons. The van der Waals surface area contributed by atoms with Crippen LogP contribution in [0.5, 0.6) is 0 Å². The van der Waals surface area contributed by atoms with Gasteiger partial charge in [-0.1, -0.05) is 137 Å². The average molecular weight is 813 g/mol. The van der Waals surface area contributed by atoms with Crippen LogP contribution in [0.4, 0.5) is 0 Å². The molecule has 3 saturated carbocycles. The van der Waals surface area contributed by atoms with E-state index >= 15 is 0 Å². The van der Waals surface area contributed by atoms with Gasteiger partial charge in [-0.05, 0) is 159 Å². The maximum absolute atomic E-state index is 2.73. The van der Waals surface area contributed by atoms with Gasteiger partial charge in [-0.3, -0.25) is 0 Å². The number of aromatic nitrogens is 2. The van der Waals surface area contributed by atoms with Crippen molar-refractivity contribution in [3.05, 3.63) is 138 Å². The van der Waals surface area contributed by atoms with Gasteiger partial charge >= 0.3 is 0 Å². The van der Waals surface area contributed by atoms with Crippen molar-refractivity contribution in [3.63, 3.8) is 0 Å². The van der Waals surface area contributed by atoms with Gasteiger partial charge in [0.25, 0.3) is 6.71 Å². The summed E-state index contributed by atoms with van der Waals surface area (Å²) in [5, 5.41) is 14.1. The molecule has 4 heterocycles. The summed E-state index contributed by atoms with van der Waals surface area (Å²) in [4.78, 5) is 0. The van der Waals surface area contributed by atoms with Crippen molar-refractivity contribution in [2.24, 2.45) is 0 Å². The topological polar surface area (TPSA) is 9.86 Å². The normalized spacial score (nSPS) is 18.3. The van der Waals surface area contributed by atoms with E-state index in [-0.39, 0.29) is 6.71 Å². The lowest BCUT2D eigenvalue weighted by molar-refractivity contribution is 0.444. The van der Waals surface area contributed by atoms with Gasteiger partial charge in [0.2, 0.25) is 0 Å². The Bertz CT molecular complexity index is 3580. The van der Waals surface area contributed by atoms with E-state index in [2.05, 4.69) is 130 Å². The highest BCUT2D eigenvalue weighted by Crippen LogP contribution is 2.47. The summed E-state index contributed by atoms with van der Waals surface area (Å²) < 4.78 is 5.44. The first-order valence-electron chi connectivity index (χ1n) is 24.9. The van der Waals surface area contributed by atoms with Crippen LogP contribution in [0, 0.1) is 0 Å². The lowest BCUT2D eigenvalue weighted by Gasteiger charge is -2.34. The van der Waals surface area contributed by atoms with Crippen LogP contribution in [0.1, 0.15) is 131 Å². The van der Waals surface area contributed by atoms with E-state index in [9.17, 15) is 0 Å². The maximum Gasteiger partial charge on any atom is 0.252 e. The SMILES string of the molecule is c1cc2c3c(c1)-n1c4ccc(C5CCCCC5)cc4c4c5c6ccccc6c6ccccc6c5cc(c41)B3c1cc(C3CCCCC3)cc3c4cc(C5CCCCC5)ccc4n-2c13. The zero-order chi connectivity index (χ0) is 40.9. The minimum atomic E-state index is 0.128. The smallest absolute Gasteiger partial charge is 0.252 e. The van der Waals surface area contributed by atoms with Crippen molar-refractivity contribution < 1.29 is 0 Å². The van der Waals surface area contributed by atoms with Gasteiger partial charge in [0.15, 0.2) is 0 Å². The van der Waals surface area contributed by atoms with Crippen molar-refractivity contribution in [1.29, 1.82) is 0 Å². The zero-order valence-corrected chi connectivity index (χ0v) is 36.4. The lowest BCUT2D eigenvalue weighted by Crippen LogP contribution is -2.59. The fourth-order valence-corrected chi connectivity index (χ4v) is 14.6. The molecule has 3 aliphatic carbocycles. The first kappa shape index (κ1) is 35.6. The van der Waals surface area contributed by atoms with Gasteiger partial charge in [-0.25, -0.2) is 0 Å². The predicted octanol–water partition coefficient (Wildman–Crippen LogP) is 14.6. The molecule has 0 bridgehead atoms. The first-order chi connectivity index (χ1) is 31.3. The van der Waals surface area contributed by atoms with Crippen LogP contribution < -0.4 is 16.4 Å². The fraction of sp³-hybridized carbons (Fsp3) is 0.300. The van der Waals surface area contributed by atoms with Gasteiger partial charge < -0.3 is 9.13 Å². The molecule has 0 atom stereocenters. The summed E-state index contributed by atoms with van der Waals surface area (Å²) >= 11 is 0. The third kappa shape index (κ3) is 4.87. The summed E-state index contributed by atoms with van der Waals surface area (Å²) in [6.07, 6.45) is 20.1. The zero-order valence-electron chi connectivity index (χ0n) is 36.4. The van der Waals surface area contributed by atoms with Gasteiger partial charge in [0, 0.05) is 43.8 Å². The van der Waals surface area contributed by atoms with Gasteiger partial charge in [0.1, 0.15) is 0 Å². The van der Waals surface area contributed by atoms with Gasteiger partial charge in [-0.2, -0.15) is 0 Å². The molecule has 0 spiro atoms. The third-order valence-electron chi connectivity index (χ3n) is 17.4. The Morgan fingerprint density at radius 2 is 0.841 bits per heavy atom. The lowest BCUT2D eigenvalue weighted by atomic mass is 9.34. The number of hydrogen-bond acceptors (Lipinski definition) is 0. The van der Waals surface area contributed by atoms with Crippen LogP contribution in [0.15, 0.2) is 121 Å². The Morgan fingerprint density at radius 1 is 0.349 bits per heavy atom. The Hall–Kier alpha value is -5.80. The molecular formula is C60H53BN2. The molecule has 0 unspecified atom stereocenters. The molecule has 0 amide bonds. The monoisotopic (exact) mass is 812 g/mol. The quantitative estimate of drug-likeness (QED) is 0.124. The summed E-state index contributed by atoms with van der Waals surface area (Å²) in [5.74, 6) is 1.94. The molecule has 2 aliphatic heterocycles. The number of hydrogen-bond donors (Lipinski definition) is 0. The van der Waals surface area contributed by atoms with Crippen LogP contribution in [-0.2, 0) is 0 Å². The molecule has 63 heavy (non-hydrogen) atoms. The van der Waals surface area contributed by atoms with Crippen LogP contribution in [0.3, 0.4) is 0 Å². The molecule has 0 radical (unpaired) electrons. The minimum Gasteiger partial charge on any atom is -0.310 e. The largest absolute Gasteiger partial charge is 0.310 e. The molecule has 0 N–H and O–H groups in total. The summed E-state index contributed by atoms with van der Waals surface area (Å²) in [6.45, 7) is 0.128. The van der Waals surface area contributed by atoms with Crippen LogP contribution in [-0.4, -0.2) is 15.8 Å². The third-order valence-corrected chi connectivity index (χ3v) is 17.4. The van der Waals surface area contributed by atoms with E-state index in [0.717, 1.165) is 0 Å². The highest BCUT2D eigenvalue weighted by molar-refractivity contribution is 7.00. The van der Waals surface area contributed by atoms with Crippen molar-refractivity contribution in [1.82, 2.24) is 9.13 Å². The summed E-state index contributed by atoms with van der Waals surface area (Å²) in [6, 6.07) is 49.3. The molecule has 0 saturated heterocycles. The van der Waals surface area contributed by atoms with Crippen molar-refractivity contribution in [2.45, 2.75) is 114 Å². The number of rotatable bonds is 3. The van der Waals surface area contributed by atoms with E-state index in [1.54, 1.807) is 11.1 Å². The number of fused-ring (bicyclic) bond motifs is 17. The summed E-state index contributed by atoms with van der Waals surface area (Å²) in [5.41, 5.74) is 17.5. The Morgan fingerprint density at radius 3 is 1.48 bits per heavy atom. The van der Waals surface area contributed by atoms with E-state index in [4.69, 9.17) is 0 Å². The predicted molar refractivity (Wildman–Crippen MR) is 270 cm³/mol. The van der Waals surface area contributed by atoms with Gasteiger partial charge in [0.05, 0.1) is 16.6 Å². The van der Waals surface area contributed by atoms with Crippen molar-refractivity contribution >= 4 is 99.0 Å². The van der Waals surface area contributed by atoms with E-state index < -0.39 is 0 Å². The van der Waals surface area contributed by atoms with Crippen LogP contribution in [0.25, 0.3) is 87.3 Å². The Balaban J connectivity index is 1.11. The fourth-order valence-electron chi connectivity index (χ4n) is 14.6. The van der Waals surface area contributed by atoms with Crippen molar-refractivity contribution in [3.8, 4) is 11.4 Å². The number of nitrogens with zero attached hydrogens (tertiary/aromatic N) is 2. The molecule has 3 fully saturated rings. The molecule has 5 aliphatic rings. The standard InChI is InChI=1S/C60H53BN2/c1-4-15-36(16-5-1)39-27-29-52-46(31-39)48-33-41(38-19-8-3-9-20-38)34-50-59(48)62(52)54-25-14-26-55-58(54)61(50)51-35-47-44-23-11-10-21-42(44)43-22-12-13-24-45(43)56(47)57-49-32-40(37-17-6-2-7-18-37)28-30-53(49)63(55)60(51)57/h10-14,21-38H,1-9,15-20H2. The van der Waals surface area contributed by atoms with E-state index in [0.29, 0.717) is 17.8 Å². The molecule has 15 rings (SSSR count). The average Bonchev–Trinajstić information content (AvgIpc) is 3.88. The molecule has 2 aromatic heterocycles. The molecule has 8 aromatic carbocycles. The van der Waals surface area contributed by atoms with Gasteiger partial charge in [-0.15, -0.1) is 0 Å². The van der Waals surface area contributed by atoms with Crippen LogP contribution >= 0.6 is 0 Å². The minimum absolute atomic E-state index is 0.128. The molecule has 10 aromatic rings. The first-order valence-corrected chi connectivity index (χ1v) is 24.9. The molecular weight excluding hydrogens is 759 g/mol. The second kappa shape index (κ2) is 13.4. The highest BCUT2D eigenvalue weighted by Gasteiger charge is 2.42. The molecule has 3 heteroatoms. The van der Waals surface area contributed by atoms with Crippen molar-refractivity contribution in [2.75, 3.05) is 0 Å². The maximum atomic E-state index is 2.73. The Labute approximate surface area is 370 Å². The number of benzene rings is 8. The summed E-state index contributed by atoms with van der Waals surface area (Å²) in [7, 11) is 0. The second-order valence-electron chi connectivity index (χ2n) is 20.6.